The van der Waals surface area contributed by atoms with Gasteiger partial charge in [-0.25, -0.2) is 9.97 Å². The maximum atomic E-state index is 13.0. The predicted octanol–water partition coefficient (Wildman–Crippen LogP) is 3.60. The molecule has 1 atom stereocenters. The lowest BCUT2D eigenvalue weighted by atomic mass is 10.2. The van der Waals surface area contributed by atoms with Crippen molar-refractivity contribution in [3.05, 3.63) is 65.6 Å². The van der Waals surface area contributed by atoms with E-state index in [9.17, 15) is 4.79 Å². The number of aromatic nitrogens is 4. The Hall–Kier alpha value is -3.22. The normalized spacial score (nSPS) is 16.4. The molecule has 7 heteroatoms. The Kier molecular flexibility index (Phi) is 4.81. The van der Waals surface area contributed by atoms with Crippen LogP contribution in [0.25, 0.3) is 0 Å². The molecule has 0 unspecified atom stereocenters. The molecule has 28 heavy (non-hydrogen) atoms. The van der Waals surface area contributed by atoms with E-state index in [1.165, 1.54) is 0 Å². The van der Waals surface area contributed by atoms with Crippen molar-refractivity contribution in [1.29, 1.82) is 0 Å². The number of hydrogen-bond acceptors (Lipinski definition) is 5. The Morgan fingerprint density at radius 1 is 1.21 bits per heavy atom. The van der Waals surface area contributed by atoms with Gasteiger partial charge < -0.3 is 14.2 Å². The number of nitrogens with zero attached hydrogens (tertiary/aromatic N) is 5. The van der Waals surface area contributed by atoms with Crippen molar-refractivity contribution in [3.8, 4) is 11.6 Å². The van der Waals surface area contributed by atoms with Gasteiger partial charge in [0.05, 0.1) is 6.04 Å². The Morgan fingerprint density at radius 3 is 2.79 bits per heavy atom. The third-order valence-corrected chi connectivity index (χ3v) is 4.98. The Labute approximate surface area is 164 Å². The minimum Gasteiger partial charge on any atom is -0.439 e. The summed E-state index contributed by atoms with van der Waals surface area (Å²) >= 11 is 0. The second kappa shape index (κ2) is 7.42. The molecule has 1 aliphatic heterocycles. The lowest BCUT2D eigenvalue weighted by Gasteiger charge is -2.23. The van der Waals surface area contributed by atoms with Crippen LogP contribution in [0.5, 0.6) is 11.6 Å². The summed E-state index contributed by atoms with van der Waals surface area (Å²) in [5.41, 5.74) is 1.85. The summed E-state index contributed by atoms with van der Waals surface area (Å²) in [4.78, 5) is 28.2. The molecule has 1 amide bonds. The molecule has 0 radical (unpaired) electrons. The van der Waals surface area contributed by atoms with E-state index in [1.54, 1.807) is 17.0 Å². The van der Waals surface area contributed by atoms with Crippen LogP contribution in [0.15, 0.2) is 42.7 Å². The van der Waals surface area contributed by atoms with E-state index >= 15 is 0 Å². The third-order valence-electron chi connectivity index (χ3n) is 4.98. The number of carbonyl (C=O) groups is 1. The number of rotatable bonds is 4. The van der Waals surface area contributed by atoms with E-state index in [0.717, 1.165) is 29.8 Å². The molecule has 3 heterocycles. The standard InChI is InChI=1S/C21H23N5O2/c1-14-7-4-5-9-17(14)28-18-13-15(2)23-19(24-18)16-8-6-11-26(16)21(27)20-22-10-12-25(20)3/h4-5,7,9-10,12-13,16H,6,8,11H2,1-3H3/t16-/m1/s1. The van der Waals surface area contributed by atoms with Gasteiger partial charge in [0, 0.05) is 37.7 Å². The summed E-state index contributed by atoms with van der Waals surface area (Å²) in [6.07, 6.45) is 5.14. The number of hydrogen-bond donors (Lipinski definition) is 0. The molecule has 4 rings (SSSR count). The van der Waals surface area contributed by atoms with Gasteiger partial charge in [0.15, 0.2) is 11.6 Å². The Morgan fingerprint density at radius 2 is 2.04 bits per heavy atom. The van der Waals surface area contributed by atoms with Crippen LogP contribution in [0.2, 0.25) is 0 Å². The van der Waals surface area contributed by atoms with E-state index in [4.69, 9.17) is 4.74 Å². The van der Waals surface area contributed by atoms with Crippen LogP contribution < -0.4 is 4.74 Å². The monoisotopic (exact) mass is 377 g/mol. The van der Waals surface area contributed by atoms with E-state index in [-0.39, 0.29) is 11.9 Å². The fourth-order valence-electron chi connectivity index (χ4n) is 3.53. The zero-order valence-corrected chi connectivity index (χ0v) is 16.3. The number of para-hydroxylation sites is 1. The predicted molar refractivity (Wildman–Crippen MR) is 104 cm³/mol. The first-order valence-corrected chi connectivity index (χ1v) is 9.40. The zero-order valence-electron chi connectivity index (χ0n) is 16.3. The summed E-state index contributed by atoms with van der Waals surface area (Å²) < 4.78 is 7.74. The lowest BCUT2D eigenvalue weighted by Crippen LogP contribution is -2.33. The van der Waals surface area contributed by atoms with E-state index in [1.807, 2.05) is 56.1 Å². The van der Waals surface area contributed by atoms with Gasteiger partial charge in [0.2, 0.25) is 5.88 Å². The molecule has 0 spiro atoms. The summed E-state index contributed by atoms with van der Waals surface area (Å²) in [6.45, 7) is 4.58. The van der Waals surface area contributed by atoms with Crippen LogP contribution in [-0.4, -0.2) is 36.9 Å². The van der Waals surface area contributed by atoms with E-state index in [0.29, 0.717) is 24.1 Å². The van der Waals surface area contributed by atoms with Gasteiger partial charge >= 0.3 is 0 Å². The minimum absolute atomic E-state index is 0.0959. The molecule has 1 aliphatic rings. The maximum Gasteiger partial charge on any atom is 0.290 e. The van der Waals surface area contributed by atoms with Gasteiger partial charge in [0.1, 0.15) is 5.75 Å². The van der Waals surface area contributed by atoms with Gasteiger partial charge in [-0.1, -0.05) is 18.2 Å². The van der Waals surface area contributed by atoms with Gasteiger partial charge in [-0.15, -0.1) is 0 Å². The molecule has 1 saturated heterocycles. The van der Waals surface area contributed by atoms with Crippen LogP contribution in [0.1, 0.15) is 46.6 Å². The summed E-state index contributed by atoms with van der Waals surface area (Å²) in [6, 6.07) is 9.45. The van der Waals surface area contributed by atoms with Crippen LogP contribution in [0, 0.1) is 13.8 Å². The number of benzene rings is 1. The molecule has 0 bridgehead atoms. The fraction of sp³-hybridized carbons (Fsp3) is 0.333. The molecule has 2 aromatic heterocycles. The van der Waals surface area contributed by atoms with Crippen molar-refractivity contribution in [2.75, 3.05) is 6.54 Å². The smallest absolute Gasteiger partial charge is 0.290 e. The maximum absolute atomic E-state index is 13.0. The first kappa shape index (κ1) is 18.2. The number of carbonyl (C=O) groups excluding carboxylic acids is 1. The molecule has 0 N–H and O–H groups in total. The highest BCUT2D eigenvalue weighted by atomic mass is 16.5. The molecule has 0 aliphatic carbocycles. The summed E-state index contributed by atoms with van der Waals surface area (Å²) in [5, 5.41) is 0. The average Bonchev–Trinajstić information content (AvgIpc) is 3.32. The van der Waals surface area contributed by atoms with Gasteiger partial charge in [0.25, 0.3) is 5.91 Å². The van der Waals surface area contributed by atoms with E-state index in [2.05, 4.69) is 15.0 Å². The van der Waals surface area contributed by atoms with Crippen molar-refractivity contribution in [2.45, 2.75) is 32.7 Å². The highest BCUT2D eigenvalue weighted by molar-refractivity contribution is 5.91. The fourth-order valence-corrected chi connectivity index (χ4v) is 3.53. The van der Waals surface area contributed by atoms with Crippen LogP contribution >= 0.6 is 0 Å². The second-order valence-corrected chi connectivity index (χ2v) is 7.09. The Bertz CT molecular complexity index is 1010. The lowest BCUT2D eigenvalue weighted by molar-refractivity contribution is 0.0713. The summed E-state index contributed by atoms with van der Waals surface area (Å²) in [5.74, 6) is 2.20. The van der Waals surface area contributed by atoms with Crippen LogP contribution in [0.3, 0.4) is 0 Å². The molecular formula is C21H23N5O2. The summed E-state index contributed by atoms with van der Waals surface area (Å²) in [7, 11) is 1.82. The highest BCUT2D eigenvalue weighted by Crippen LogP contribution is 2.33. The van der Waals surface area contributed by atoms with Crippen LogP contribution in [-0.2, 0) is 7.05 Å². The van der Waals surface area contributed by atoms with Gasteiger partial charge in [-0.05, 0) is 38.3 Å². The SMILES string of the molecule is Cc1cc(Oc2ccccc2C)nc([C@H]2CCCN2C(=O)c2nccn2C)n1. The molecule has 1 fully saturated rings. The average molecular weight is 377 g/mol. The quantitative estimate of drug-likeness (QED) is 0.695. The molecule has 3 aromatic rings. The topological polar surface area (TPSA) is 73.1 Å². The minimum atomic E-state index is -0.177. The highest BCUT2D eigenvalue weighted by Gasteiger charge is 2.34. The van der Waals surface area contributed by atoms with Crippen LogP contribution in [0.4, 0.5) is 0 Å². The van der Waals surface area contributed by atoms with Crippen molar-refractivity contribution >= 4 is 5.91 Å². The first-order chi connectivity index (χ1) is 13.5. The molecule has 1 aromatic carbocycles. The van der Waals surface area contributed by atoms with Crippen molar-refractivity contribution in [1.82, 2.24) is 24.4 Å². The van der Waals surface area contributed by atoms with Crippen molar-refractivity contribution < 1.29 is 9.53 Å². The third kappa shape index (κ3) is 3.47. The van der Waals surface area contributed by atoms with Crippen molar-refractivity contribution in [3.63, 3.8) is 0 Å². The number of amides is 1. The zero-order chi connectivity index (χ0) is 19.7. The number of ether oxygens (including phenoxy) is 1. The second-order valence-electron chi connectivity index (χ2n) is 7.09. The number of aryl methyl sites for hydroxylation is 3. The number of imidazole rings is 1. The number of likely N-dealkylation sites (tertiary alicyclic amines) is 1. The van der Waals surface area contributed by atoms with E-state index < -0.39 is 0 Å². The largest absolute Gasteiger partial charge is 0.439 e. The molecular weight excluding hydrogens is 354 g/mol. The molecule has 144 valence electrons. The van der Waals surface area contributed by atoms with Gasteiger partial charge in [-0.2, -0.15) is 4.98 Å². The molecule has 7 nitrogen and oxygen atoms in total. The first-order valence-electron chi connectivity index (χ1n) is 9.40. The Balaban J connectivity index is 1.63. The molecule has 0 saturated carbocycles. The van der Waals surface area contributed by atoms with Crippen molar-refractivity contribution in [2.24, 2.45) is 7.05 Å². The van der Waals surface area contributed by atoms with Gasteiger partial charge in [-0.3, -0.25) is 4.79 Å².